The first-order valence-corrected chi connectivity index (χ1v) is 27.9. The van der Waals surface area contributed by atoms with Gasteiger partial charge in [0.05, 0.1) is 21.2 Å². The highest BCUT2D eigenvalue weighted by Gasteiger charge is 2.21. The van der Waals surface area contributed by atoms with Gasteiger partial charge in [0, 0.05) is 77.0 Å². The number of hydrogen-bond acceptors (Lipinski definition) is 22. The molecule has 21 nitrogen and oxygen atoms in total. The fourth-order valence-electron chi connectivity index (χ4n) is 7.62. The monoisotopic (exact) mass is 1060 g/mol. The van der Waals surface area contributed by atoms with E-state index in [9.17, 15) is 25.9 Å². The summed E-state index contributed by atoms with van der Waals surface area (Å²) in [6.07, 6.45) is 5.50. The van der Waals surface area contributed by atoms with E-state index in [1.54, 1.807) is 23.9 Å². The van der Waals surface area contributed by atoms with Crippen LogP contribution in [-0.4, -0.2) is 91.0 Å². The summed E-state index contributed by atoms with van der Waals surface area (Å²) in [5.74, 6) is 0.935. The van der Waals surface area contributed by atoms with Crippen molar-refractivity contribution in [2.24, 2.45) is 20.5 Å². The van der Waals surface area contributed by atoms with Crippen LogP contribution in [0.2, 0.25) is 0 Å². The van der Waals surface area contributed by atoms with Crippen LogP contribution in [0, 0.1) is 0 Å². The highest BCUT2D eigenvalue weighted by Crippen LogP contribution is 2.39. The smallest absolute Gasteiger partial charge is 0.294 e. The molecule has 4 N–H and O–H groups in total. The zero-order valence-corrected chi connectivity index (χ0v) is 43.0. The molecule has 0 aliphatic heterocycles. The molecule has 0 saturated heterocycles. The fourth-order valence-corrected chi connectivity index (χ4v) is 10.9. The van der Waals surface area contributed by atoms with Crippen molar-refractivity contribution < 1.29 is 25.9 Å². The zero-order valence-electron chi connectivity index (χ0n) is 38.9. The van der Waals surface area contributed by atoms with Crippen LogP contribution in [0.5, 0.6) is 0 Å². The minimum Gasteiger partial charge on any atom is -0.372 e. The summed E-state index contributed by atoms with van der Waals surface area (Å²) < 4.78 is 75.0. The van der Waals surface area contributed by atoms with Gasteiger partial charge in [-0.15, -0.1) is 20.5 Å². The third-order valence-corrected chi connectivity index (χ3v) is 15.3. The lowest BCUT2D eigenvalue weighted by Gasteiger charge is -2.23. The van der Waals surface area contributed by atoms with E-state index in [4.69, 9.17) is 15.0 Å². The molecule has 0 unspecified atom stereocenters. The van der Waals surface area contributed by atoms with Crippen molar-refractivity contribution in [3.8, 4) is 22.8 Å². The highest BCUT2D eigenvalue weighted by molar-refractivity contribution is 7.99. The molecule has 3 heterocycles. The lowest BCUT2D eigenvalue weighted by atomic mass is 10.0. The molecule has 4 aromatic carbocycles. The van der Waals surface area contributed by atoms with Crippen molar-refractivity contribution in [2.75, 3.05) is 46.6 Å². The summed E-state index contributed by atoms with van der Waals surface area (Å²) in [5.41, 5.74) is 4.61. The molecular formula is C45H49N15O6S5. The maximum Gasteiger partial charge on any atom is 0.294 e. The van der Waals surface area contributed by atoms with Gasteiger partial charge in [0.2, 0.25) is 22.2 Å². The van der Waals surface area contributed by atoms with Crippen LogP contribution in [0.3, 0.4) is 0 Å². The molecule has 0 spiro atoms. The number of benzene rings is 4. The molecule has 3 aromatic heterocycles. The first kappa shape index (κ1) is 51.0. The van der Waals surface area contributed by atoms with E-state index in [0.717, 1.165) is 86.3 Å². The van der Waals surface area contributed by atoms with Crippen LogP contribution < -0.4 is 20.4 Å². The van der Waals surface area contributed by atoms with Crippen molar-refractivity contribution in [2.45, 2.75) is 80.0 Å². The largest absolute Gasteiger partial charge is 0.372 e. The average molecular weight is 1060 g/mol. The van der Waals surface area contributed by atoms with Gasteiger partial charge >= 0.3 is 0 Å². The Morgan fingerprint density at radius 1 is 0.592 bits per heavy atom. The molecule has 1 aliphatic rings. The second-order valence-corrected chi connectivity index (χ2v) is 21.4. The van der Waals surface area contributed by atoms with Crippen LogP contribution in [-0.2, 0) is 20.2 Å². The Kier molecular flexibility index (Phi) is 16.3. The van der Waals surface area contributed by atoms with Gasteiger partial charge in [0.25, 0.3) is 20.2 Å². The molecule has 1 saturated carbocycles. The van der Waals surface area contributed by atoms with E-state index in [0.29, 0.717) is 44.3 Å². The van der Waals surface area contributed by atoms with Crippen LogP contribution in [0.1, 0.15) is 59.8 Å². The van der Waals surface area contributed by atoms with Crippen LogP contribution in [0.15, 0.2) is 120 Å². The summed E-state index contributed by atoms with van der Waals surface area (Å²) in [7, 11) is -8.87. The molecule has 1 aliphatic carbocycles. The lowest BCUT2D eigenvalue weighted by molar-refractivity contribution is 0.481. The second-order valence-electron chi connectivity index (χ2n) is 15.8. The number of nitrogens with zero attached hydrogens (tertiary/aromatic N) is 13. The van der Waals surface area contributed by atoms with Gasteiger partial charge in [-0.25, -0.2) is 0 Å². The van der Waals surface area contributed by atoms with Crippen molar-refractivity contribution in [1.82, 2.24) is 33.7 Å². The zero-order chi connectivity index (χ0) is 50.1. The van der Waals surface area contributed by atoms with E-state index in [1.807, 2.05) is 36.4 Å². The second kappa shape index (κ2) is 22.8. The van der Waals surface area contributed by atoms with Crippen molar-refractivity contribution in [3.05, 3.63) is 84.9 Å². The number of thioether (sulfide) groups is 1. The van der Waals surface area contributed by atoms with Gasteiger partial charge in [-0.05, 0) is 101 Å². The van der Waals surface area contributed by atoms with Crippen LogP contribution in [0.4, 0.5) is 56.3 Å². The van der Waals surface area contributed by atoms with Gasteiger partial charge in [0.15, 0.2) is 16.8 Å². The van der Waals surface area contributed by atoms with E-state index in [2.05, 4.69) is 87.3 Å². The molecule has 0 bridgehead atoms. The van der Waals surface area contributed by atoms with E-state index >= 15 is 0 Å². The first-order valence-electron chi connectivity index (χ1n) is 22.6. The number of hydrogen-bond donors (Lipinski definition) is 4. The lowest BCUT2D eigenvalue weighted by Crippen LogP contribution is -2.21. The summed E-state index contributed by atoms with van der Waals surface area (Å²) in [5, 5.41) is 26.1. The Morgan fingerprint density at radius 3 is 1.46 bits per heavy atom. The van der Waals surface area contributed by atoms with Crippen LogP contribution >= 0.6 is 34.8 Å². The summed E-state index contributed by atoms with van der Waals surface area (Å²) in [4.78, 5) is 27.5. The third-order valence-electron chi connectivity index (χ3n) is 11.2. The minimum atomic E-state index is -4.43. The average Bonchev–Trinajstić information content (AvgIpc) is 4.05. The van der Waals surface area contributed by atoms with E-state index < -0.39 is 20.2 Å². The number of aromatic nitrogens is 7. The molecule has 1 fully saturated rings. The summed E-state index contributed by atoms with van der Waals surface area (Å²) in [6.45, 7) is 11.3. The molecule has 0 radical (unpaired) electrons. The predicted molar refractivity (Wildman–Crippen MR) is 278 cm³/mol. The SMILES string of the molecule is CCN(CC)c1ccc(/N=N/c2nc(-c3cccc(S(=O)(=O)O)c3)ns2)c(Nc2nc(Nc3cc(N(CC)CC)ccc3/N=N/c3nc(-c4cccc(S(=O)(=O)O)c4)ns3)nc(SC3CCCCC3)n2)c1. The third kappa shape index (κ3) is 13.1. The predicted octanol–water partition coefficient (Wildman–Crippen LogP) is 11.8. The Bertz CT molecular complexity index is 3080. The standard InChI is InChI=1S/C45H49N15O6S5/c1-5-59(6-2)30-20-22-35(53-55-44-48-39(57-68-44)28-14-12-18-33(24-28)70(61,62)63)37(26-30)46-41-50-42(52-43(51-41)67-32-16-10-9-11-17-32)47-38-27-31(60(7-3)8-4)21-23-36(38)54-56-45-49-40(58-69-45)29-15-13-19-34(25-29)71(64,65)66/h12-15,18-27,32H,5-11,16-17H2,1-4H3,(H,61,62,63)(H,64,65,66)(H2,46,47,50,51,52)/b55-53+,56-54+. The van der Waals surface area contributed by atoms with Crippen molar-refractivity contribution >= 4 is 111 Å². The minimum absolute atomic E-state index is 0.214. The van der Waals surface area contributed by atoms with Crippen molar-refractivity contribution in [3.63, 3.8) is 0 Å². The number of anilines is 6. The molecule has 26 heteroatoms. The summed E-state index contributed by atoms with van der Waals surface area (Å²) in [6, 6.07) is 22.9. The quantitative estimate of drug-likeness (QED) is 0.0408. The Morgan fingerprint density at radius 2 is 1.04 bits per heavy atom. The van der Waals surface area contributed by atoms with Crippen molar-refractivity contribution in [1.29, 1.82) is 0 Å². The summed E-state index contributed by atoms with van der Waals surface area (Å²) >= 11 is 3.56. The topological polar surface area (TPSA) is 279 Å². The van der Waals surface area contributed by atoms with Gasteiger partial charge in [-0.1, -0.05) is 55.3 Å². The van der Waals surface area contributed by atoms with Gasteiger partial charge in [-0.2, -0.15) is 50.5 Å². The number of azo groups is 2. The maximum atomic E-state index is 11.8. The first-order chi connectivity index (χ1) is 34.2. The molecule has 370 valence electrons. The van der Waals surface area contributed by atoms with Gasteiger partial charge < -0.3 is 20.4 Å². The highest BCUT2D eigenvalue weighted by atomic mass is 32.2. The number of nitrogens with one attached hydrogen (secondary N) is 2. The van der Waals surface area contributed by atoms with Gasteiger partial charge in [-0.3, -0.25) is 9.11 Å². The maximum absolute atomic E-state index is 11.8. The fraction of sp³-hybridized carbons (Fsp3) is 0.311. The molecule has 0 amide bonds. The molecule has 71 heavy (non-hydrogen) atoms. The molecule has 0 atom stereocenters. The van der Waals surface area contributed by atoms with E-state index in [1.165, 1.54) is 42.8 Å². The van der Waals surface area contributed by atoms with Gasteiger partial charge in [0.1, 0.15) is 11.4 Å². The molecule has 7 aromatic rings. The molecular weight excluding hydrogens is 1010 g/mol. The normalized spacial score (nSPS) is 13.5. The number of rotatable bonds is 20. The molecule has 8 rings (SSSR count). The Balaban J connectivity index is 1.14. The van der Waals surface area contributed by atoms with Crippen LogP contribution in [0.25, 0.3) is 22.8 Å². The Hall–Kier alpha value is -6.42. The van der Waals surface area contributed by atoms with E-state index in [-0.39, 0.29) is 43.6 Å². The Labute approximate surface area is 423 Å².